The molecular formula is C17H16N2O3. The molecule has 0 amide bonds. The van der Waals surface area contributed by atoms with Gasteiger partial charge in [-0.3, -0.25) is 9.97 Å². The molecule has 1 heterocycles. The van der Waals surface area contributed by atoms with E-state index in [9.17, 15) is 4.79 Å². The van der Waals surface area contributed by atoms with Crippen LogP contribution < -0.4 is 4.74 Å². The minimum atomic E-state index is -0.959. The molecular weight excluding hydrogens is 280 g/mol. The molecule has 5 nitrogen and oxygen atoms in total. The van der Waals surface area contributed by atoms with Crippen LogP contribution in [0.4, 0.5) is 0 Å². The van der Waals surface area contributed by atoms with Gasteiger partial charge in [0.05, 0.1) is 11.0 Å². The van der Waals surface area contributed by atoms with Crippen LogP contribution in [0.2, 0.25) is 0 Å². The quantitative estimate of drug-likeness (QED) is 0.803. The molecule has 0 aliphatic carbocycles. The Labute approximate surface area is 128 Å². The molecule has 0 aliphatic rings. The number of hydrogen-bond acceptors (Lipinski definition) is 4. The summed E-state index contributed by atoms with van der Waals surface area (Å²) in [7, 11) is 0. The number of carbonyl (C=O) groups is 1. The van der Waals surface area contributed by atoms with E-state index in [0.29, 0.717) is 5.75 Å². The average Bonchev–Trinajstić information content (AvgIpc) is 2.56. The van der Waals surface area contributed by atoms with Gasteiger partial charge in [-0.05, 0) is 31.2 Å². The highest BCUT2D eigenvalue weighted by Crippen LogP contribution is 2.10. The molecule has 3 rings (SSSR count). The molecule has 0 spiro atoms. The van der Waals surface area contributed by atoms with Crippen molar-refractivity contribution in [3.8, 4) is 5.75 Å². The smallest absolute Gasteiger partial charge is 0.344 e. The molecule has 112 valence electrons. The number of nitrogens with zero attached hydrogens (tertiary/aromatic N) is 2. The van der Waals surface area contributed by atoms with Crippen LogP contribution in [0.25, 0.3) is 11.0 Å². The second-order valence-corrected chi connectivity index (χ2v) is 4.46. The van der Waals surface area contributed by atoms with Crippen LogP contribution in [0.1, 0.15) is 6.92 Å². The van der Waals surface area contributed by atoms with Gasteiger partial charge in [-0.15, -0.1) is 0 Å². The van der Waals surface area contributed by atoms with E-state index in [4.69, 9.17) is 9.84 Å². The minimum Gasteiger partial charge on any atom is -0.479 e. The molecule has 1 N–H and O–H groups in total. The van der Waals surface area contributed by atoms with Gasteiger partial charge in [0, 0.05) is 12.4 Å². The van der Waals surface area contributed by atoms with Gasteiger partial charge in [-0.1, -0.05) is 30.3 Å². The van der Waals surface area contributed by atoms with E-state index in [0.717, 1.165) is 11.0 Å². The minimum absolute atomic E-state index is 0.576. The maximum Gasteiger partial charge on any atom is 0.344 e. The van der Waals surface area contributed by atoms with Crippen molar-refractivity contribution in [3.63, 3.8) is 0 Å². The Morgan fingerprint density at radius 1 is 0.955 bits per heavy atom. The molecule has 1 aromatic heterocycles. The molecule has 0 saturated carbocycles. The summed E-state index contributed by atoms with van der Waals surface area (Å²) in [5.74, 6) is -0.383. The Bertz CT molecular complexity index is 667. The highest BCUT2D eigenvalue weighted by molar-refractivity contribution is 5.73. The third-order valence-corrected chi connectivity index (χ3v) is 2.78. The lowest BCUT2D eigenvalue weighted by Crippen LogP contribution is -2.22. The van der Waals surface area contributed by atoms with E-state index in [1.54, 1.807) is 36.7 Å². The van der Waals surface area contributed by atoms with Crippen LogP contribution in [0.15, 0.2) is 67.0 Å². The normalized spacial score (nSPS) is 11.1. The molecule has 22 heavy (non-hydrogen) atoms. The van der Waals surface area contributed by atoms with E-state index in [2.05, 4.69) is 9.97 Å². The fourth-order valence-corrected chi connectivity index (χ4v) is 1.66. The third kappa shape index (κ3) is 4.56. The van der Waals surface area contributed by atoms with E-state index in [-0.39, 0.29) is 0 Å². The van der Waals surface area contributed by atoms with E-state index in [1.165, 1.54) is 6.92 Å². The maximum absolute atomic E-state index is 10.4. The van der Waals surface area contributed by atoms with Crippen LogP contribution >= 0.6 is 0 Å². The number of benzene rings is 2. The first-order chi connectivity index (χ1) is 10.7. The summed E-state index contributed by atoms with van der Waals surface area (Å²) >= 11 is 0. The zero-order chi connectivity index (χ0) is 15.8. The van der Waals surface area contributed by atoms with Gasteiger partial charge in [0.15, 0.2) is 6.10 Å². The molecule has 1 atom stereocenters. The molecule has 3 aromatic rings. The zero-order valence-corrected chi connectivity index (χ0v) is 12.1. The summed E-state index contributed by atoms with van der Waals surface area (Å²) < 4.78 is 5.08. The Hall–Kier alpha value is -2.95. The van der Waals surface area contributed by atoms with Gasteiger partial charge in [0.2, 0.25) is 0 Å². The summed E-state index contributed by atoms with van der Waals surface area (Å²) in [5.41, 5.74) is 1.90. The summed E-state index contributed by atoms with van der Waals surface area (Å²) in [6.07, 6.45) is 2.59. The summed E-state index contributed by atoms with van der Waals surface area (Å²) in [4.78, 5) is 18.6. The SMILES string of the molecule is CC(Oc1ccccc1)C(=O)O.c1ccc2nccnc2c1. The van der Waals surface area contributed by atoms with Gasteiger partial charge in [-0.25, -0.2) is 4.79 Å². The summed E-state index contributed by atoms with van der Waals surface area (Å²) in [5, 5.41) is 8.52. The Balaban J connectivity index is 0.000000162. The first-order valence-electron chi connectivity index (χ1n) is 6.77. The molecule has 0 saturated heterocycles. The van der Waals surface area contributed by atoms with Gasteiger partial charge in [0.1, 0.15) is 5.75 Å². The van der Waals surface area contributed by atoms with Gasteiger partial charge in [0.25, 0.3) is 0 Å². The second-order valence-electron chi connectivity index (χ2n) is 4.46. The standard InChI is InChI=1S/C9H10O3.C8H6N2/c1-7(9(10)11)12-8-5-3-2-4-6-8;1-2-4-8-7(3-1)9-5-6-10-8/h2-7H,1H3,(H,10,11);1-6H. The molecule has 5 heteroatoms. The van der Waals surface area contributed by atoms with Gasteiger partial charge < -0.3 is 9.84 Å². The van der Waals surface area contributed by atoms with Crippen molar-refractivity contribution in [1.29, 1.82) is 0 Å². The van der Waals surface area contributed by atoms with Crippen LogP contribution in [-0.4, -0.2) is 27.1 Å². The van der Waals surface area contributed by atoms with E-state index in [1.807, 2.05) is 30.3 Å². The Kier molecular flexibility index (Phi) is 5.43. The number of aromatic nitrogens is 2. The first-order valence-corrected chi connectivity index (χ1v) is 6.77. The molecule has 0 radical (unpaired) electrons. The monoisotopic (exact) mass is 296 g/mol. The molecule has 0 aliphatic heterocycles. The zero-order valence-electron chi connectivity index (χ0n) is 12.1. The van der Waals surface area contributed by atoms with Crippen LogP contribution in [0.5, 0.6) is 5.75 Å². The van der Waals surface area contributed by atoms with Crippen molar-refractivity contribution in [2.75, 3.05) is 0 Å². The first kappa shape index (κ1) is 15.4. The highest BCUT2D eigenvalue weighted by atomic mass is 16.5. The number of rotatable bonds is 3. The topological polar surface area (TPSA) is 72.3 Å². The van der Waals surface area contributed by atoms with Crippen LogP contribution in [-0.2, 0) is 4.79 Å². The van der Waals surface area contributed by atoms with Crippen molar-refractivity contribution in [3.05, 3.63) is 67.0 Å². The Morgan fingerprint density at radius 2 is 1.45 bits per heavy atom. The van der Waals surface area contributed by atoms with Gasteiger partial charge in [-0.2, -0.15) is 0 Å². The number of para-hydroxylation sites is 3. The van der Waals surface area contributed by atoms with Gasteiger partial charge >= 0.3 is 5.97 Å². The fourth-order valence-electron chi connectivity index (χ4n) is 1.66. The largest absolute Gasteiger partial charge is 0.479 e. The molecule has 2 aromatic carbocycles. The van der Waals surface area contributed by atoms with Crippen molar-refractivity contribution < 1.29 is 14.6 Å². The Morgan fingerprint density at radius 3 is 1.95 bits per heavy atom. The van der Waals surface area contributed by atoms with Crippen molar-refractivity contribution in [2.24, 2.45) is 0 Å². The second kappa shape index (κ2) is 7.73. The van der Waals surface area contributed by atoms with E-state index >= 15 is 0 Å². The fraction of sp³-hybridized carbons (Fsp3) is 0.118. The predicted molar refractivity (Wildman–Crippen MR) is 83.7 cm³/mol. The number of ether oxygens (including phenoxy) is 1. The lowest BCUT2D eigenvalue weighted by molar-refractivity contribution is -0.144. The number of hydrogen-bond donors (Lipinski definition) is 1. The number of carboxylic acid groups (broad SMARTS) is 1. The highest BCUT2D eigenvalue weighted by Gasteiger charge is 2.11. The maximum atomic E-state index is 10.4. The van der Waals surface area contributed by atoms with E-state index < -0.39 is 12.1 Å². The number of carboxylic acids is 1. The van der Waals surface area contributed by atoms with Crippen molar-refractivity contribution in [1.82, 2.24) is 9.97 Å². The predicted octanol–water partition coefficient (Wildman–Crippen LogP) is 3.17. The third-order valence-electron chi connectivity index (χ3n) is 2.78. The average molecular weight is 296 g/mol. The summed E-state index contributed by atoms with van der Waals surface area (Å²) in [6, 6.07) is 16.7. The number of aliphatic carboxylic acids is 1. The lowest BCUT2D eigenvalue weighted by atomic mass is 10.3. The van der Waals surface area contributed by atoms with Crippen molar-refractivity contribution in [2.45, 2.75) is 13.0 Å². The molecule has 1 unspecified atom stereocenters. The molecule has 0 fully saturated rings. The van der Waals surface area contributed by atoms with Crippen molar-refractivity contribution >= 4 is 17.0 Å². The van der Waals surface area contributed by atoms with Crippen LogP contribution in [0.3, 0.4) is 0 Å². The number of fused-ring (bicyclic) bond motifs is 1. The lowest BCUT2D eigenvalue weighted by Gasteiger charge is -2.09. The van der Waals surface area contributed by atoms with Crippen LogP contribution in [0, 0.1) is 0 Å². The molecule has 0 bridgehead atoms. The summed E-state index contributed by atoms with van der Waals surface area (Å²) in [6.45, 7) is 1.50.